The van der Waals surface area contributed by atoms with E-state index < -0.39 is 25.8 Å². The van der Waals surface area contributed by atoms with Crippen molar-refractivity contribution in [2.45, 2.75) is 16.2 Å². The molecule has 0 saturated heterocycles. The minimum absolute atomic E-state index is 0.143. The maximum absolute atomic E-state index is 12.0. The van der Waals surface area contributed by atoms with E-state index in [2.05, 4.69) is 10.1 Å². The van der Waals surface area contributed by atoms with E-state index in [-0.39, 0.29) is 15.5 Å². The number of carbonyl (C=O) groups excluding carboxylic acids is 1. The summed E-state index contributed by atoms with van der Waals surface area (Å²) in [5, 5.41) is 8.05. The van der Waals surface area contributed by atoms with E-state index in [1.165, 1.54) is 19.2 Å². The Hall–Kier alpha value is -2.43. The van der Waals surface area contributed by atoms with E-state index in [1.54, 1.807) is 24.3 Å². The molecule has 0 aromatic heterocycles. The summed E-state index contributed by atoms with van der Waals surface area (Å²) in [6, 6.07) is 10.5. The second-order valence-electron chi connectivity index (χ2n) is 5.84. The van der Waals surface area contributed by atoms with Crippen molar-refractivity contribution in [2.24, 2.45) is 5.14 Å². The Bertz CT molecular complexity index is 1050. The van der Waals surface area contributed by atoms with Crippen molar-refractivity contribution >= 4 is 31.5 Å². The number of carbonyl (C=O) groups is 1. The lowest BCUT2D eigenvalue weighted by Gasteiger charge is -2.12. The van der Waals surface area contributed by atoms with E-state index in [4.69, 9.17) is 5.14 Å². The first-order chi connectivity index (χ1) is 12.5. The van der Waals surface area contributed by atoms with Crippen LogP contribution < -0.4 is 10.5 Å². The van der Waals surface area contributed by atoms with E-state index in [0.29, 0.717) is 18.5 Å². The zero-order chi connectivity index (χ0) is 20.2. The van der Waals surface area contributed by atoms with Crippen molar-refractivity contribution in [3.63, 3.8) is 0 Å². The minimum atomic E-state index is -4.01. The van der Waals surface area contributed by atoms with Crippen molar-refractivity contribution in [1.82, 2.24) is 0 Å². The lowest BCUT2D eigenvalue weighted by atomic mass is 10.1. The zero-order valence-corrected chi connectivity index (χ0v) is 16.4. The number of methoxy groups -OCH3 is 1. The molecule has 146 valence electrons. The van der Waals surface area contributed by atoms with Gasteiger partial charge in [0.1, 0.15) is 0 Å². The third-order valence-electron chi connectivity index (χ3n) is 3.79. The maximum atomic E-state index is 12.0. The maximum Gasteiger partial charge on any atom is 0.337 e. The number of nitrogens with one attached hydrogen (secondary N) is 1. The molecule has 0 spiro atoms. The van der Waals surface area contributed by atoms with Crippen LogP contribution in [0, 0.1) is 0 Å². The van der Waals surface area contributed by atoms with Crippen molar-refractivity contribution in [1.29, 1.82) is 0 Å². The number of esters is 1. The van der Waals surface area contributed by atoms with Crippen molar-refractivity contribution in [3.05, 3.63) is 53.6 Å². The summed E-state index contributed by atoms with van der Waals surface area (Å²) in [5.74, 6) is -0.424. The Kier molecular flexibility index (Phi) is 6.24. The molecule has 2 aromatic carbocycles. The van der Waals surface area contributed by atoms with E-state index in [9.17, 15) is 21.6 Å². The van der Waals surface area contributed by atoms with E-state index in [0.717, 1.165) is 17.9 Å². The van der Waals surface area contributed by atoms with Gasteiger partial charge in [-0.25, -0.2) is 26.8 Å². The molecule has 8 nitrogen and oxygen atoms in total. The normalized spacial score (nSPS) is 11.8. The van der Waals surface area contributed by atoms with Crippen LogP contribution in [0.2, 0.25) is 0 Å². The molecule has 2 rings (SSSR count). The van der Waals surface area contributed by atoms with Gasteiger partial charge in [-0.05, 0) is 42.3 Å². The van der Waals surface area contributed by atoms with Gasteiger partial charge in [0.25, 0.3) is 0 Å². The summed E-state index contributed by atoms with van der Waals surface area (Å²) < 4.78 is 51.5. The summed E-state index contributed by atoms with van der Waals surface area (Å²) >= 11 is 0. The average molecular weight is 412 g/mol. The first kappa shape index (κ1) is 20.9. The number of benzene rings is 2. The summed E-state index contributed by atoms with van der Waals surface area (Å²) in [6.07, 6.45) is 1.55. The molecule has 0 radical (unpaired) electrons. The van der Waals surface area contributed by atoms with E-state index in [1.807, 2.05) is 0 Å². The monoisotopic (exact) mass is 412 g/mol. The number of rotatable bonds is 7. The van der Waals surface area contributed by atoms with Gasteiger partial charge < -0.3 is 10.1 Å². The van der Waals surface area contributed by atoms with Crippen LogP contribution in [0.4, 0.5) is 5.69 Å². The number of sulfonamides is 1. The molecule has 0 aliphatic heterocycles. The molecule has 0 fully saturated rings. The van der Waals surface area contributed by atoms with Crippen LogP contribution in [0.25, 0.3) is 0 Å². The number of anilines is 1. The summed E-state index contributed by atoms with van der Waals surface area (Å²) in [5.41, 5.74) is 1.65. The topological polar surface area (TPSA) is 133 Å². The first-order valence-corrected chi connectivity index (χ1v) is 11.2. The largest absolute Gasteiger partial charge is 0.465 e. The van der Waals surface area contributed by atoms with Gasteiger partial charge in [-0.1, -0.05) is 12.1 Å². The van der Waals surface area contributed by atoms with Crippen LogP contribution in [0.15, 0.2) is 52.3 Å². The third kappa shape index (κ3) is 5.52. The molecule has 0 saturated carbocycles. The van der Waals surface area contributed by atoms with Crippen LogP contribution in [0.1, 0.15) is 15.9 Å². The van der Waals surface area contributed by atoms with Gasteiger partial charge in [0.15, 0.2) is 9.84 Å². The summed E-state index contributed by atoms with van der Waals surface area (Å²) in [7, 11) is -6.37. The fraction of sp³-hybridized carbons (Fsp3) is 0.235. The Morgan fingerprint density at radius 3 is 2.22 bits per heavy atom. The minimum Gasteiger partial charge on any atom is -0.465 e. The highest BCUT2D eigenvalue weighted by molar-refractivity contribution is 7.91. The molecule has 0 bridgehead atoms. The average Bonchev–Trinajstić information content (AvgIpc) is 2.60. The number of hydrogen-bond donors (Lipinski definition) is 2. The molecular weight excluding hydrogens is 392 g/mol. The second kappa shape index (κ2) is 8.07. The molecule has 10 heteroatoms. The van der Waals surface area contributed by atoms with Gasteiger partial charge in [-0.2, -0.15) is 0 Å². The quantitative estimate of drug-likeness (QED) is 0.652. The Balaban J connectivity index is 2.15. The smallest absolute Gasteiger partial charge is 0.337 e. The number of ether oxygens (including phenoxy) is 1. The zero-order valence-electron chi connectivity index (χ0n) is 14.8. The summed E-state index contributed by atoms with van der Waals surface area (Å²) in [6.45, 7) is 0.398. The number of nitrogens with two attached hydrogens (primary N) is 1. The van der Waals surface area contributed by atoms with Crippen LogP contribution >= 0.6 is 0 Å². The molecule has 0 heterocycles. The van der Waals surface area contributed by atoms with Gasteiger partial charge in [-0.15, -0.1) is 0 Å². The van der Waals surface area contributed by atoms with Crippen LogP contribution in [0.3, 0.4) is 0 Å². The van der Waals surface area contributed by atoms with Gasteiger partial charge in [0.05, 0.1) is 28.2 Å². The molecule has 3 N–H and O–H groups in total. The molecule has 0 atom stereocenters. The molecular formula is C17H20N2O6S2. The highest BCUT2D eigenvalue weighted by atomic mass is 32.2. The third-order valence-corrected chi connectivity index (χ3v) is 5.83. The van der Waals surface area contributed by atoms with Gasteiger partial charge in [0, 0.05) is 12.8 Å². The SMILES string of the molecule is COC(=O)c1ccc(CCNc2ccc(S(N)(=O)=O)cc2S(C)(=O)=O)cc1. The predicted octanol–water partition coefficient (Wildman–Crippen LogP) is 1.18. The van der Waals surface area contributed by atoms with Crippen LogP contribution in [-0.4, -0.2) is 42.7 Å². The molecule has 0 aliphatic carbocycles. The van der Waals surface area contributed by atoms with Crippen LogP contribution in [0.5, 0.6) is 0 Å². The molecule has 0 amide bonds. The Morgan fingerprint density at radius 1 is 1.07 bits per heavy atom. The van der Waals surface area contributed by atoms with Crippen LogP contribution in [-0.2, 0) is 31.0 Å². The molecule has 27 heavy (non-hydrogen) atoms. The lowest BCUT2D eigenvalue weighted by molar-refractivity contribution is 0.0600. The second-order valence-corrected chi connectivity index (χ2v) is 9.39. The molecule has 2 aromatic rings. The van der Waals surface area contributed by atoms with Crippen molar-refractivity contribution in [2.75, 3.05) is 25.2 Å². The number of sulfone groups is 1. The number of hydrogen-bond acceptors (Lipinski definition) is 7. The Morgan fingerprint density at radius 2 is 1.70 bits per heavy atom. The Labute approximate surface area is 158 Å². The fourth-order valence-electron chi connectivity index (χ4n) is 2.40. The first-order valence-electron chi connectivity index (χ1n) is 7.80. The summed E-state index contributed by atoms with van der Waals surface area (Å²) in [4.78, 5) is 11.0. The highest BCUT2D eigenvalue weighted by Gasteiger charge is 2.18. The van der Waals surface area contributed by atoms with Gasteiger partial charge in [-0.3, -0.25) is 0 Å². The predicted molar refractivity (Wildman–Crippen MR) is 101 cm³/mol. The standard InChI is InChI=1S/C17H20N2O6S2/c1-25-17(20)13-5-3-12(4-6-13)9-10-19-15-8-7-14(27(18,23)24)11-16(15)26(2,21)22/h3-8,11,19H,9-10H2,1-2H3,(H2,18,23,24). The van der Waals surface area contributed by atoms with Gasteiger partial charge in [0.2, 0.25) is 10.0 Å². The highest BCUT2D eigenvalue weighted by Crippen LogP contribution is 2.24. The molecule has 0 aliphatic rings. The van der Waals surface area contributed by atoms with Crippen molar-refractivity contribution < 1.29 is 26.4 Å². The number of primary sulfonamides is 1. The van der Waals surface area contributed by atoms with Gasteiger partial charge >= 0.3 is 5.97 Å². The molecule has 0 unspecified atom stereocenters. The lowest BCUT2D eigenvalue weighted by Crippen LogP contribution is -2.15. The van der Waals surface area contributed by atoms with Crippen molar-refractivity contribution in [3.8, 4) is 0 Å². The van der Waals surface area contributed by atoms with E-state index >= 15 is 0 Å². The fourth-order valence-corrected chi connectivity index (χ4v) is 3.89.